The second-order valence-corrected chi connectivity index (χ2v) is 8.25. The van der Waals surface area contributed by atoms with E-state index < -0.39 is 5.41 Å². The van der Waals surface area contributed by atoms with Gasteiger partial charge in [-0.2, -0.15) is 4.98 Å². The number of hydrogen-bond acceptors (Lipinski definition) is 6. The zero-order valence-corrected chi connectivity index (χ0v) is 16.9. The highest BCUT2D eigenvalue weighted by atomic mass is 16.2. The minimum absolute atomic E-state index is 0.00320. The van der Waals surface area contributed by atoms with Gasteiger partial charge in [-0.25, -0.2) is 4.52 Å². The molecule has 0 unspecified atom stereocenters. The standard InChI is InChI=1S/C21H23N7O2/c1-21(2)15-7-6-13(10-16(15)24-19(21)30)23-20-25-17-5-3-4-14(28(17)26-20)11-27-9-8-22-18(29)12-27/h3-7,10H,8-9,11-12H2,1-2H3,(H,22,29)(H,23,26)(H,24,30). The third kappa shape index (κ3) is 3.17. The fourth-order valence-electron chi connectivity index (χ4n) is 3.99. The molecular weight excluding hydrogens is 382 g/mol. The first-order valence-electron chi connectivity index (χ1n) is 9.97. The number of piperazine rings is 1. The predicted molar refractivity (Wildman–Crippen MR) is 113 cm³/mol. The molecule has 1 saturated heterocycles. The average molecular weight is 405 g/mol. The van der Waals surface area contributed by atoms with Crippen molar-refractivity contribution in [2.24, 2.45) is 0 Å². The number of nitrogens with one attached hydrogen (secondary N) is 3. The average Bonchev–Trinajstić information content (AvgIpc) is 3.20. The highest BCUT2D eigenvalue weighted by Gasteiger charge is 2.38. The van der Waals surface area contributed by atoms with Gasteiger partial charge < -0.3 is 16.0 Å². The third-order valence-electron chi connectivity index (χ3n) is 5.71. The fourth-order valence-corrected chi connectivity index (χ4v) is 3.99. The first-order chi connectivity index (χ1) is 14.4. The number of rotatable bonds is 4. The summed E-state index contributed by atoms with van der Waals surface area (Å²) in [6.45, 7) is 6.29. The third-order valence-corrected chi connectivity index (χ3v) is 5.71. The summed E-state index contributed by atoms with van der Waals surface area (Å²) in [5.41, 5.74) is 3.75. The van der Waals surface area contributed by atoms with Crippen molar-refractivity contribution in [3.05, 3.63) is 47.7 Å². The van der Waals surface area contributed by atoms with Gasteiger partial charge in [0.1, 0.15) is 0 Å². The Bertz CT molecular complexity index is 1170. The lowest BCUT2D eigenvalue weighted by Gasteiger charge is -2.26. The number of carbonyl (C=O) groups is 2. The molecule has 0 atom stereocenters. The van der Waals surface area contributed by atoms with E-state index in [1.807, 2.05) is 50.2 Å². The summed E-state index contributed by atoms with van der Waals surface area (Å²) in [6.07, 6.45) is 0. The van der Waals surface area contributed by atoms with Gasteiger partial charge in [-0.3, -0.25) is 14.5 Å². The first kappa shape index (κ1) is 18.6. The van der Waals surface area contributed by atoms with Gasteiger partial charge in [-0.1, -0.05) is 12.1 Å². The van der Waals surface area contributed by atoms with Crippen LogP contribution in [0.3, 0.4) is 0 Å². The first-order valence-corrected chi connectivity index (χ1v) is 9.97. The molecule has 2 aromatic heterocycles. The Morgan fingerprint density at radius 1 is 1.20 bits per heavy atom. The fraction of sp³-hybridized carbons (Fsp3) is 0.333. The van der Waals surface area contributed by atoms with E-state index in [0.717, 1.165) is 34.8 Å². The summed E-state index contributed by atoms with van der Waals surface area (Å²) >= 11 is 0. The van der Waals surface area contributed by atoms with Crippen molar-refractivity contribution in [3.63, 3.8) is 0 Å². The zero-order valence-electron chi connectivity index (χ0n) is 16.9. The van der Waals surface area contributed by atoms with Crippen LogP contribution >= 0.6 is 0 Å². The highest BCUT2D eigenvalue weighted by Crippen LogP contribution is 2.38. The number of amides is 2. The monoisotopic (exact) mass is 405 g/mol. The molecule has 9 nitrogen and oxygen atoms in total. The van der Waals surface area contributed by atoms with Gasteiger partial charge in [0.2, 0.25) is 17.8 Å². The Morgan fingerprint density at radius 2 is 2.07 bits per heavy atom. The molecule has 1 aromatic carbocycles. The molecule has 1 fully saturated rings. The minimum atomic E-state index is -0.532. The number of hydrogen-bond donors (Lipinski definition) is 3. The maximum atomic E-state index is 12.2. The van der Waals surface area contributed by atoms with Gasteiger partial charge in [0.15, 0.2) is 5.65 Å². The van der Waals surface area contributed by atoms with Crippen LogP contribution in [0, 0.1) is 0 Å². The number of aromatic nitrogens is 3. The Kier molecular flexibility index (Phi) is 4.21. The van der Waals surface area contributed by atoms with Crippen LogP contribution in [0.25, 0.3) is 5.65 Å². The largest absolute Gasteiger partial charge is 0.354 e. The van der Waals surface area contributed by atoms with Crippen molar-refractivity contribution >= 4 is 34.8 Å². The van der Waals surface area contributed by atoms with Crippen LogP contribution < -0.4 is 16.0 Å². The molecule has 0 spiro atoms. The molecule has 4 heterocycles. The Morgan fingerprint density at radius 3 is 2.90 bits per heavy atom. The zero-order chi connectivity index (χ0) is 20.9. The van der Waals surface area contributed by atoms with E-state index in [9.17, 15) is 9.59 Å². The van der Waals surface area contributed by atoms with Crippen LogP contribution in [-0.4, -0.2) is 50.9 Å². The van der Waals surface area contributed by atoms with Crippen molar-refractivity contribution < 1.29 is 9.59 Å². The molecular formula is C21H23N7O2. The van der Waals surface area contributed by atoms with Crippen LogP contribution in [0.2, 0.25) is 0 Å². The number of carbonyl (C=O) groups excluding carboxylic acids is 2. The van der Waals surface area contributed by atoms with Gasteiger partial charge in [0.05, 0.1) is 17.7 Å². The number of anilines is 3. The smallest absolute Gasteiger partial charge is 0.247 e. The van der Waals surface area contributed by atoms with Gasteiger partial charge in [0.25, 0.3) is 0 Å². The molecule has 5 rings (SSSR count). The summed E-state index contributed by atoms with van der Waals surface area (Å²) in [6, 6.07) is 11.6. The number of benzene rings is 1. The summed E-state index contributed by atoms with van der Waals surface area (Å²) < 4.78 is 1.80. The molecule has 0 radical (unpaired) electrons. The summed E-state index contributed by atoms with van der Waals surface area (Å²) in [5, 5.41) is 13.6. The molecule has 9 heteroatoms. The van der Waals surface area contributed by atoms with E-state index in [1.165, 1.54) is 0 Å². The van der Waals surface area contributed by atoms with Crippen molar-refractivity contribution in [1.82, 2.24) is 24.8 Å². The lowest BCUT2D eigenvalue weighted by molar-refractivity contribution is -0.124. The molecule has 0 saturated carbocycles. The Labute approximate surface area is 173 Å². The molecule has 2 aliphatic heterocycles. The second-order valence-electron chi connectivity index (χ2n) is 8.25. The lowest BCUT2D eigenvalue weighted by Crippen LogP contribution is -2.47. The molecule has 154 valence electrons. The molecule has 2 amide bonds. The van der Waals surface area contributed by atoms with Crippen LogP contribution in [0.15, 0.2) is 36.4 Å². The Hall–Kier alpha value is -3.46. The second kappa shape index (κ2) is 6.81. The van der Waals surface area contributed by atoms with Gasteiger partial charge in [-0.15, -0.1) is 5.10 Å². The number of nitrogens with zero attached hydrogens (tertiary/aromatic N) is 4. The maximum absolute atomic E-state index is 12.2. The van der Waals surface area contributed by atoms with Crippen molar-refractivity contribution in [3.8, 4) is 0 Å². The highest BCUT2D eigenvalue weighted by molar-refractivity contribution is 6.06. The number of pyridine rings is 1. The minimum Gasteiger partial charge on any atom is -0.354 e. The van der Waals surface area contributed by atoms with E-state index in [4.69, 9.17) is 0 Å². The molecule has 0 bridgehead atoms. The van der Waals surface area contributed by atoms with Crippen LogP contribution in [0.5, 0.6) is 0 Å². The van der Waals surface area contributed by atoms with E-state index in [0.29, 0.717) is 25.6 Å². The summed E-state index contributed by atoms with van der Waals surface area (Å²) in [4.78, 5) is 30.5. The SMILES string of the molecule is CC1(C)C(=O)Nc2cc(Nc3nc4cccc(CN5CCNC(=O)C5)n4n3)ccc21. The maximum Gasteiger partial charge on any atom is 0.247 e. The van der Waals surface area contributed by atoms with Gasteiger partial charge in [-0.05, 0) is 43.7 Å². The van der Waals surface area contributed by atoms with Crippen molar-refractivity contribution in [1.29, 1.82) is 0 Å². The molecule has 3 aromatic rings. The summed E-state index contributed by atoms with van der Waals surface area (Å²) in [5.74, 6) is 0.514. The predicted octanol–water partition coefficient (Wildman–Crippen LogP) is 1.63. The van der Waals surface area contributed by atoms with Gasteiger partial charge in [0, 0.05) is 31.0 Å². The molecule has 2 aliphatic rings. The van der Waals surface area contributed by atoms with Crippen LogP contribution in [-0.2, 0) is 21.5 Å². The van der Waals surface area contributed by atoms with E-state index in [2.05, 4.69) is 30.9 Å². The molecule has 3 N–H and O–H groups in total. The molecule has 0 aliphatic carbocycles. The molecule has 30 heavy (non-hydrogen) atoms. The summed E-state index contributed by atoms with van der Waals surface area (Å²) in [7, 11) is 0. The Balaban J connectivity index is 1.39. The van der Waals surface area contributed by atoms with Crippen LogP contribution in [0.4, 0.5) is 17.3 Å². The van der Waals surface area contributed by atoms with E-state index in [1.54, 1.807) is 4.52 Å². The van der Waals surface area contributed by atoms with E-state index >= 15 is 0 Å². The lowest BCUT2D eigenvalue weighted by atomic mass is 9.86. The van der Waals surface area contributed by atoms with E-state index in [-0.39, 0.29) is 11.8 Å². The normalized spacial score (nSPS) is 18.2. The van der Waals surface area contributed by atoms with Gasteiger partial charge >= 0.3 is 0 Å². The quantitative estimate of drug-likeness (QED) is 0.610. The van der Waals surface area contributed by atoms with Crippen molar-refractivity contribution in [2.45, 2.75) is 25.8 Å². The van der Waals surface area contributed by atoms with Crippen molar-refractivity contribution in [2.75, 3.05) is 30.3 Å². The van der Waals surface area contributed by atoms with Crippen LogP contribution in [0.1, 0.15) is 25.1 Å². The number of fused-ring (bicyclic) bond motifs is 2. The topological polar surface area (TPSA) is 104 Å².